The van der Waals surface area contributed by atoms with Crippen LogP contribution in [0.25, 0.3) is 0 Å². The van der Waals surface area contributed by atoms with Crippen LogP contribution in [0.4, 0.5) is 5.69 Å². The topological polar surface area (TPSA) is 174 Å². The number of carboxylic acids is 1. The highest BCUT2D eigenvalue weighted by atomic mass is 16.4. The molecular weight excluding hydrogens is 384 g/mol. The van der Waals surface area contributed by atoms with Crippen molar-refractivity contribution in [3.05, 3.63) is 29.8 Å². The highest BCUT2D eigenvalue weighted by Crippen LogP contribution is 2.09. The van der Waals surface area contributed by atoms with Crippen molar-refractivity contribution in [3.63, 3.8) is 0 Å². The molecule has 1 atom stereocenters. The Hall–Kier alpha value is -3.47. The smallest absolute Gasteiger partial charge is 0.394 e. The summed E-state index contributed by atoms with van der Waals surface area (Å²) in [5, 5.41) is 27.5. The summed E-state index contributed by atoms with van der Waals surface area (Å²) in [6.45, 7) is 1.11. The number of nitrogens with one attached hydrogen (secondary N) is 4. The number of hydrogen-bond donors (Lipinski definition) is 6. The van der Waals surface area contributed by atoms with E-state index in [1.807, 2.05) is 0 Å². The molecule has 11 heteroatoms. The molecule has 29 heavy (non-hydrogen) atoms. The Bertz CT molecular complexity index is 749. The summed E-state index contributed by atoms with van der Waals surface area (Å²) < 4.78 is 0. The van der Waals surface area contributed by atoms with Crippen LogP contribution in [0.2, 0.25) is 0 Å². The number of hydrogen-bond acceptors (Lipinski definition) is 6. The van der Waals surface area contributed by atoms with Crippen LogP contribution >= 0.6 is 0 Å². The van der Waals surface area contributed by atoms with Crippen molar-refractivity contribution in [2.24, 2.45) is 0 Å². The maximum Gasteiger partial charge on any atom is 0.394 e. The second-order valence-corrected chi connectivity index (χ2v) is 6.03. The first-order valence-corrected chi connectivity index (χ1v) is 8.78. The van der Waals surface area contributed by atoms with E-state index in [2.05, 4.69) is 21.3 Å². The van der Waals surface area contributed by atoms with E-state index in [0.717, 1.165) is 5.56 Å². The van der Waals surface area contributed by atoms with E-state index in [1.54, 1.807) is 12.1 Å². The van der Waals surface area contributed by atoms with Crippen LogP contribution in [-0.4, -0.2) is 65.5 Å². The third kappa shape index (κ3) is 9.33. The lowest BCUT2D eigenvalue weighted by molar-refractivity contribution is -0.147. The van der Waals surface area contributed by atoms with E-state index in [9.17, 15) is 29.1 Å². The number of amides is 4. The summed E-state index contributed by atoms with van der Waals surface area (Å²) in [5.41, 5.74) is 1.14. The lowest BCUT2D eigenvalue weighted by Gasteiger charge is -2.16. The van der Waals surface area contributed by atoms with E-state index in [1.165, 1.54) is 19.1 Å². The van der Waals surface area contributed by atoms with Crippen LogP contribution in [0.1, 0.15) is 18.9 Å². The molecule has 0 aromatic heterocycles. The number of rotatable bonds is 10. The van der Waals surface area contributed by atoms with Crippen LogP contribution in [0.15, 0.2) is 24.3 Å². The standard InChI is InChI=1S/C18H24N4O7/c1-11(24)19-9-7-15(25)22-14(10-23)16(26)20-8-6-12-2-4-13(5-3-12)21-17(27)18(28)29/h2-5,14,23H,6-10H2,1H3,(H,19,24)(H,20,26)(H,21,27)(H,22,25)(H,28,29)/t14-/m0/s1. The van der Waals surface area contributed by atoms with Crippen LogP contribution in [0.3, 0.4) is 0 Å². The van der Waals surface area contributed by atoms with Gasteiger partial charge >= 0.3 is 11.9 Å². The predicted octanol–water partition coefficient (Wildman–Crippen LogP) is -1.63. The molecule has 1 aromatic carbocycles. The van der Waals surface area contributed by atoms with Gasteiger partial charge in [-0.3, -0.25) is 19.2 Å². The molecule has 0 heterocycles. The van der Waals surface area contributed by atoms with Crippen molar-refractivity contribution in [1.29, 1.82) is 0 Å². The monoisotopic (exact) mass is 408 g/mol. The van der Waals surface area contributed by atoms with Crippen LogP contribution in [0, 0.1) is 0 Å². The number of aliphatic hydroxyl groups is 1. The van der Waals surface area contributed by atoms with Crippen molar-refractivity contribution >= 4 is 35.3 Å². The molecule has 0 spiro atoms. The minimum Gasteiger partial charge on any atom is -0.474 e. The molecule has 158 valence electrons. The van der Waals surface area contributed by atoms with E-state index in [-0.39, 0.29) is 25.4 Å². The minimum atomic E-state index is -1.59. The van der Waals surface area contributed by atoms with Crippen molar-refractivity contribution in [1.82, 2.24) is 16.0 Å². The first kappa shape index (κ1) is 23.6. The second-order valence-electron chi connectivity index (χ2n) is 6.03. The predicted molar refractivity (Wildman–Crippen MR) is 102 cm³/mol. The molecule has 11 nitrogen and oxygen atoms in total. The summed E-state index contributed by atoms with van der Waals surface area (Å²) >= 11 is 0. The van der Waals surface area contributed by atoms with Gasteiger partial charge in [0, 0.05) is 32.1 Å². The fraction of sp³-hybridized carbons (Fsp3) is 0.389. The third-order valence-electron chi connectivity index (χ3n) is 3.68. The van der Waals surface area contributed by atoms with Crippen molar-refractivity contribution in [2.75, 3.05) is 25.0 Å². The van der Waals surface area contributed by atoms with Gasteiger partial charge in [-0.05, 0) is 24.1 Å². The average Bonchev–Trinajstić information content (AvgIpc) is 2.66. The highest BCUT2D eigenvalue weighted by molar-refractivity contribution is 6.36. The van der Waals surface area contributed by atoms with E-state index >= 15 is 0 Å². The van der Waals surface area contributed by atoms with Gasteiger partial charge in [0.05, 0.1) is 6.61 Å². The zero-order valence-corrected chi connectivity index (χ0v) is 15.9. The van der Waals surface area contributed by atoms with Crippen molar-refractivity contribution in [2.45, 2.75) is 25.8 Å². The zero-order valence-electron chi connectivity index (χ0n) is 15.9. The molecule has 1 rings (SSSR count). The minimum absolute atomic E-state index is 0.0197. The molecule has 1 aromatic rings. The van der Waals surface area contributed by atoms with Gasteiger partial charge in [-0.2, -0.15) is 0 Å². The molecule has 0 radical (unpaired) electrons. The average molecular weight is 408 g/mol. The molecular formula is C18H24N4O7. The van der Waals surface area contributed by atoms with Crippen molar-refractivity contribution in [3.8, 4) is 0 Å². The second kappa shape index (κ2) is 12.1. The van der Waals surface area contributed by atoms with Crippen LogP contribution < -0.4 is 21.3 Å². The fourth-order valence-electron chi connectivity index (χ4n) is 2.21. The molecule has 0 saturated heterocycles. The highest BCUT2D eigenvalue weighted by Gasteiger charge is 2.19. The number of carbonyl (C=O) groups is 5. The van der Waals surface area contributed by atoms with Gasteiger partial charge in [0.25, 0.3) is 0 Å². The third-order valence-corrected chi connectivity index (χ3v) is 3.68. The number of carboxylic acid groups (broad SMARTS) is 1. The zero-order chi connectivity index (χ0) is 21.8. The molecule has 0 unspecified atom stereocenters. The molecule has 0 aliphatic carbocycles. The van der Waals surface area contributed by atoms with Gasteiger partial charge in [-0.1, -0.05) is 12.1 Å². The molecule has 4 amide bonds. The Kier molecular flexibility index (Phi) is 9.82. The Morgan fingerprint density at radius 2 is 1.66 bits per heavy atom. The first-order valence-electron chi connectivity index (χ1n) is 8.78. The normalized spacial score (nSPS) is 11.1. The summed E-state index contributed by atoms with van der Waals surface area (Å²) in [7, 11) is 0. The van der Waals surface area contributed by atoms with E-state index < -0.39 is 36.3 Å². The van der Waals surface area contributed by atoms with E-state index in [0.29, 0.717) is 12.1 Å². The summed E-state index contributed by atoms with van der Waals surface area (Å²) in [5.74, 6) is -4.03. The largest absolute Gasteiger partial charge is 0.474 e. The molecule has 0 saturated carbocycles. The van der Waals surface area contributed by atoms with Crippen LogP contribution in [-0.2, 0) is 30.4 Å². The number of aliphatic hydroxyl groups excluding tert-OH is 1. The van der Waals surface area contributed by atoms with Gasteiger partial charge in [0.15, 0.2) is 0 Å². The molecule has 0 aliphatic rings. The quantitative estimate of drug-likeness (QED) is 0.252. The number of benzene rings is 1. The Morgan fingerprint density at radius 1 is 1.00 bits per heavy atom. The fourth-order valence-corrected chi connectivity index (χ4v) is 2.21. The van der Waals surface area contributed by atoms with E-state index in [4.69, 9.17) is 5.11 Å². The number of aliphatic carboxylic acids is 1. The maximum absolute atomic E-state index is 12.1. The SMILES string of the molecule is CC(=O)NCCC(=O)N[C@@H](CO)C(=O)NCCc1ccc(NC(=O)C(=O)O)cc1. The van der Waals surface area contributed by atoms with Gasteiger partial charge in [0.1, 0.15) is 6.04 Å². The molecule has 0 fully saturated rings. The number of anilines is 1. The van der Waals surface area contributed by atoms with Gasteiger partial charge in [-0.15, -0.1) is 0 Å². The lowest BCUT2D eigenvalue weighted by atomic mass is 10.1. The van der Waals surface area contributed by atoms with Gasteiger partial charge in [0.2, 0.25) is 17.7 Å². The maximum atomic E-state index is 12.1. The molecule has 0 bridgehead atoms. The summed E-state index contributed by atoms with van der Waals surface area (Å²) in [6.07, 6.45) is 0.418. The molecule has 0 aliphatic heterocycles. The van der Waals surface area contributed by atoms with Gasteiger partial charge < -0.3 is 31.5 Å². The number of carbonyl (C=O) groups excluding carboxylic acids is 4. The Morgan fingerprint density at radius 3 is 2.21 bits per heavy atom. The summed E-state index contributed by atoms with van der Waals surface area (Å²) in [6, 6.07) is 5.29. The van der Waals surface area contributed by atoms with Crippen molar-refractivity contribution < 1.29 is 34.2 Å². The molecule has 6 N–H and O–H groups in total. The van der Waals surface area contributed by atoms with Crippen LogP contribution in [0.5, 0.6) is 0 Å². The Balaban J connectivity index is 2.40. The lowest BCUT2D eigenvalue weighted by Crippen LogP contribution is -2.49. The Labute approximate surface area is 166 Å². The van der Waals surface area contributed by atoms with Gasteiger partial charge in [-0.25, -0.2) is 4.79 Å². The summed E-state index contributed by atoms with van der Waals surface area (Å²) in [4.78, 5) is 56.1. The first-order chi connectivity index (χ1) is 13.7.